The molecule has 0 aliphatic carbocycles. The van der Waals surface area contributed by atoms with Gasteiger partial charge in [-0.3, -0.25) is 9.98 Å². The molecule has 4 nitrogen and oxygen atoms in total. The van der Waals surface area contributed by atoms with Crippen molar-refractivity contribution in [2.75, 3.05) is 13.2 Å². The van der Waals surface area contributed by atoms with Crippen molar-refractivity contribution in [1.82, 2.24) is 0 Å². The van der Waals surface area contributed by atoms with Gasteiger partial charge in [-0.15, -0.1) is 0 Å². The Morgan fingerprint density at radius 1 is 0.610 bits per heavy atom. The Hall–Kier alpha value is -0.413. The maximum absolute atomic E-state index is 6.21. The summed E-state index contributed by atoms with van der Waals surface area (Å²) in [4.78, 5) is 10.7. The molecule has 0 saturated carbocycles. The van der Waals surface area contributed by atoms with Crippen molar-refractivity contribution in [2.45, 2.75) is 107 Å². The topological polar surface area (TPSA) is 43.2 Å². The molecule has 2 aromatic rings. The second-order valence-corrected chi connectivity index (χ2v) is 26.8. The van der Waals surface area contributed by atoms with Crippen molar-refractivity contribution in [3.05, 3.63) is 57.6 Å². The zero-order valence-corrected chi connectivity index (χ0v) is 33.5. The summed E-state index contributed by atoms with van der Waals surface area (Å²) in [6, 6.07) is 8.91. The molecule has 0 atom stereocenters. The third-order valence-electron chi connectivity index (χ3n) is 6.28. The Kier molecular flexibility index (Phi) is 17.3. The predicted octanol–water partition coefficient (Wildman–Crippen LogP) is 11.3. The van der Waals surface area contributed by atoms with Gasteiger partial charge in [-0.1, -0.05) is 35.4 Å². The van der Waals surface area contributed by atoms with E-state index in [1.807, 2.05) is 0 Å². The van der Waals surface area contributed by atoms with Gasteiger partial charge in [-0.25, -0.2) is 0 Å². The van der Waals surface area contributed by atoms with Crippen molar-refractivity contribution in [3.63, 3.8) is 0 Å². The summed E-state index contributed by atoms with van der Waals surface area (Å²) in [5, 5.41) is 0. The van der Waals surface area contributed by atoms with Gasteiger partial charge in [0, 0.05) is 13.2 Å². The van der Waals surface area contributed by atoms with E-state index in [1.54, 1.807) is 0 Å². The number of hydrogen-bond acceptors (Lipinski definition) is 4. The molecule has 0 amide bonds. The van der Waals surface area contributed by atoms with Gasteiger partial charge in [-0.2, -0.15) is 0 Å². The summed E-state index contributed by atoms with van der Waals surface area (Å²) in [7, 11) is -1.88. The van der Waals surface area contributed by atoms with Gasteiger partial charge in [0.25, 0.3) is 0 Å². The molecule has 0 bridgehead atoms. The first kappa shape index (κ1) is 38.6. The number of rotatable bonds is 13. The zero-order chi connectivity index (χ0) is 31.4. The molecule has 41 heavy (non-hydrogen) atoms. The Balaban J connectivity index is 0.00000268. The fourth-order valence-corrected chi connectivity index (χ4v) is 6.25. The molecule has 0 heterocycles. The first-order valence-corrected chi connectivity index (χ1v) is 26.1. The van der Waals surface area contributed by atoms with Crippen LogP contribution in [0.3, 0.4) is 0 Å². The van der Waals surface area contributed by atoms with Gasteiger partial charge >= 0.3 is 39.3 Å². The molecule has 234 valence electrons. The van der Waals surface area contributed by atoms with E-state index in [-0.39, 0.29) is 0 Å². The van der Waals surface area contributed by atoms with Crippen molar-refractivity contribution in [3.8, 4) is 0 Å². The summed E-state index contributed by atoms with van der Waals surface area (Å²) >= 11 is 6.00. The average Bonchev–Trinajstić information content (AvgIpc) is 2.80. The molecule has 0 spiro atoms. The number of benzene rings is 2. The molecule has 2 aromatic carbocycles. The van der Waals surface area contributed by atoms with Crippen LogP contribution in [0.15, 0.2) is 34.3 Å². The van der Waals surface area contributed by atoms with E-state index in [9.17, 15) is 0 Å². The zero-order valence-electron chi connectivity index (χ0n) is 27.3. The molecule has 0 aliphatic rings. The average molecular weight is 771 g/mol. The van der Waals surface area contributed by atoms with Crippen molar-refractivity contribution in [2.24, 2.45) is 9.98 Å². The van der Waals surface area contributed by atoms with Gasteiger partial charge in [-0.05, 0) is 129 Å². The summed E-state index contributed by atoms with van der Waals surface area (Å²) in [6.45, 7) is 27.9. The van der Waals surface area contributed by atoms with Crippen molar-refractivity contribution >= 4 is 67.9 Å². The van der Waals surface area contributed by atoms with Crippen LogP contribution in [0.25, 0.3) is 0 Å². The summed E-state index contributed by atoms with van der Waals surface area (Å²) in [6.07, 6.45) is 3.55. The van der Waals surface area contributed by atoms with Crippen molar-refractivity contribution in [1.29, 1.82) is 0 Å². The summed E-state index contributed by atoms with van der Waals surface area (Å²) in [5.74, 6) is 0. The van der Waals surface area contributed by atoms with E-state index in [4.69, 9.17) is 18.8 Å². The molecular formula is C32H52Br2N2NiO2Si2. The quantitative estimate of drug-likeness (QED) is 0.116. The monoisotopic (exact) mass is 768 g/mol. The van der Waals surface area contributed by atoms with Crippen LogP contribution in [-0.2, 0) is 19.7 Å². The number of aryl methyl sites for hydroxylation is 6. The Labute approximate surface area is 273 Å². The number of hydrogen-bond donors (Lipinski definition) is 0. The number of nitrogens with zero attached hydrogens (tertiary/aromatic N) is 2. The standard InChI is InChI=1S/C32H52N2O2Si2.2BrH.Ni/c1-23-19-25(3)31(26(4)20-23)33-29(15-13-17-35-37(7,8)9)30(16-14-18-36-38(10,11)12)34-32-27(5)21-24(2)22-28(32)6;;;/h19-22H,13-18H2,1-12H3;2*1H;/q;;;+2/p-2. The van der Waals surface area contributed by atoms with E-state index >= 15 is 0 Å². The second-order valence-electron chi connectivity index (χ2n) is 12.8. The third kappa shape index (κ3) is 15.8. The van der Waals surface area contributed by atoms with E-state index in [1.165, 1.54) is 44.3 Å². The first-order valence-electron chi connectivity index (χ1n) is 14.4. The van der Waals surface area contributed by atoms with Gasteiger partial charge in [0.1, 0.15) is 0 Å². The van der Waals surface area contributed by atoms with Crippen LogP contribution in [0.2, 0.25) is 39.3 Å². The fraction of sp³-hybridized carbons (Fsp3) is 0.562. The Morgan fingerprint density at radius 2 is 0.878 bits per heavy atom. The molecule has 0 aromatic heterocycles. The molecular weight excluding hydrogens is 719 g/mol. The van der Waals surface area contributed by atoms with E-state index in [0.29, 0.717) is 0 Å². The van der Waals surface area contributed by atoms with Crippen molar-refractivity contribution < 1.29 is 19.7 Å². The molecule has 0 N–H and O–H groups in total. The van der Waals surface area contributed by atoms with Crippen LogP contribution in [0.4, 0.5) is 11.4 Å². The SMILES string of the molecule is Cc1cc(C)c(N=C(CCCO[Si](C)(C)C)C(CCCO[Si](C)(C)C)=Nc2c(C)cc(C)cc2C)c(C)c1.[Br][Ni][Br]. The van der Waals surface area contributed by atoms with Gasteiger partial charge < -0.3 is 8.85 Å². The third-order valence-corrected chi connectivity index (χ3v) is 8.42. The molecule has 0 aliphatic heterocycles. The van der Waals surface area contributed by atoms with E-state index in [0.717, 1.165) is 61.7 Å². The molecule has 9 heteroatoms. The molecule has 2 rings (SSSR count). The first-order chi connectivity index (χ1) is 19.0. The van der Waals surface area contributed by atoms with E-state index < -0.39 is 16.6 Å². The normalized spacial score (nSPS) is 12.9. The minimum absolute atomic E-state index is 0.759. The van der Waals surface area contributed by atoms with Crippen LogP contribution in [0, 0.1) is 41.5 Å². The summed E-state index contributed by atoms with van der Waals surface area (Å²) in [5.41, 5.74) is 11.7. The number of aliphatic imine (C=N–C) groups is 2. The molecule has 0 fully saturated rings. The van der Waals surface area contributed by atoms with Crippen LogP contribution in [0.5, 0.6) is 0 Å². The van der Waals surface area contributed by atoms with Gasteiger partial charge in [0.05, 0.1) is 22.8 Å². The van der Waals surface area contributed by atoms with Gasteiger partial charge in [0.15, 0.2) is 16.6 Å². The van der Waals surface area contributed by atoms with Crippen LogP contribution < -0.4 is 0 Å². The van der Waals surface area contributed by atoms with Crippen LogP contribution >= 0.6 is 28.5 Å². The minimum atomic E-state index is -1.56. The molecule has 0 unspecified atom stereocenters. The van der Waals surface area contributed by atoms with Crippen LogP contribution in [0.1, 0.15) is 59.1 Å². The Morgan fingerprint density at radius 3 is 1.12 bits per heavy atom. The van der Waals surface area contributed by atoms with E-state index in [2.05, 4.69) is 134 Å². The van der Waals surface area contributed by atoms with Gasteiger partial charge in [0.2, 0.25) is 0 Å². The summed E-state index contributed by atoms with van der Waals surface area (Å²) < 4.78 is 12.4. The molecule has 0 radical (unpaired) electrons. The van der Waals surface area contributed by atoms with Crippen LogP contribution in [-0.4, -0.2) is 41.3 Å². The predicted molar refractivity (Wildman–Crippen MR) is 190 cm³/mol. The Bertz CT molecular complexity index is 1050. The molecule has 0 saturated heterocycles. The number of halogens is 2. The maximum atomic E-state index is 6.21. The fourth-order valence-electron chi connectivity index (χ4n) is 4.73. The second kappa shape index (κ2) is 18.4.